The summed E-state index contributed by atoms with van der Waals surface area (Å²) in [5.41, 5.74) is 0.0277. The number of aliphatic hydroxyl groups is 2. The van der Waals surface area contributed by atoms with E-state index in [9.17, 15) is 24.6 Å². The monoisotopic (exact) mass is 537 g/mol. The summed E-state index contributed by atoms with van der Waals surface area (Å²) in [6.45, 7) is 8.61. The Labute approximate surface area is 222 Å². The molecule has 7 unspecified atom stereocenters. The molecule has 0 spiro atoms. The first-order valence-corrected chi connectivity index (χ1v) is 13.7. The Morgan fingerprint density at radius 3 is 2.59 bits per heavy atom. The molecule has 1 aromatic heterocycles. The molecule has 0 amide bonds. The highest BCUT2D eigenvalue weighted by Crippen LogP contribution is 2.36. The van der Waals surface area contributed by atoms with Crippen molar-refractivity contribution in [3.05, 3.63) is 21.7 Å². The minimum atomic E-state index is -1.28. The first-order valence-electron chi connectivity index (χ1n) is 12.8. The molecule has 0 radical (unpaired) electrons. The summed E-state index contributed by atoms with van der Waals surface area (Å²) < 4.78 is 16.4. The molecule has 0 bridgehead atoms. The number of hydrogen-bond donors (Lipinski definition) is 2. The van der Waals surface area contributed by atoms with Gasteiger partial charge in [0, 0.05) is 17.7 Å². The zero-order valence-electron chi connectivity index (χ0n) is 22.4. The molecule has 3 heterocycles. The number of methoxy groups -OCH3 is 1. The van der Waals surface area contributed by atoms with Crippen LogP contribution in [0, 0.1) is 17.3 Å². The normalized spacial score (nSPS) is 33.8. The largest absolute Gasteiger partial charge is 0.464 e. The molecule has 7 atom stereocenters. The number of thiazole rings is 1. The third-order valence-corrected chi connectivity index (χ3v) is 8.50. The van der Waals surface area contributed by atoms with Crippen LogP contribution >= 0.6 is 11.3 Å². The number of Topliss-reactive ketones (excluding diaryl/α,β-unsaturated/α-hetero) is 1. The molecular formula is C27H39NO8S. The van der Waals surface area contributed by atoms with Crippen LogP contribution in [0.25, 0.3) is 6.08 Å². The number of epoxide rings is 1. The summed E-state index contributed by atoms with van der Waals surface area (Å²) in [6, 6.07) is 0. The molecule has 2 aliphatic rings. The molecule has 10 heteroatoms. The van der Waals surface area contributed by atoms with Gasteiger partial charge in [0.05, 0.1) is 49.1 Å². The Hall–Kier alpha value is -2.14. The zero-order valence-corrected chi connectivity index (χ0v) is 23.2. The quantitative estimate of drug-likeness (QED) is 0.438. The molecule has 0 aromatic carbocycles. The van der Waals surface area contributed by atoms with E-state index < -0.39 is 41.6 Å². The van der Waals surface area contributed by atoms with E-state index in [0.29, 0.717) is 12.1 Å². The average Bonchev–Trinajstić information content (AvgIpc) is 3.42. The van der Waals surface area contributed by atoms with Crippen molar-refractivity contribution >= 4 is 35.1 Å². The lowest BCUT2D eigenvalue weighted by Crippen LogP contribution is -2.45. The van der Waals surface area contributed by atoms with Crippen molar-refractivity contribution in [2.75, 3.05) is 7.11 Å². The highest BCUT2D eigenvalue weighted by molar-refractivity contribution is 7.11. The molecule has 3 rings (SSSR count). The number of carbonyl (C=O) groups excluding carboxylic acids is 3. The van der Waals surface area contributed by atoms with Gasteiger partial charge in [0.2, 0.25) is 5.01 Å². The van der Waals surface area contributed by atoms with Crippen LogP contribution in [0.15, 0.2) is 11.0 Å². The summed E-state index contributed by atoms with van der Waals surface area (Å²) in [7, 11) is 1.29. The van der Waals surface area contributed by atoms with E-state index in [1.807, 2.05) is 13.8 Å². The van der Waals surface area contributed by atoms with E-state index in [2.05, 4.69) is 4.98 Å². The van der Waals surface area contributed by atoms with Crippen molar-refractivity contribution < 1.29 is 38.8 Å². The first-order chi connectivity index (χ1) is 17.3. The van der Waals surface area contributed by atoms with Gasteiger partial charge in [0.25, 0.3) is 0 Å². The maximum absolute atomic E-state index is 13.2. The van der Waals surface area contributed by atoms with Crippen molar-refractivity contribution in [1.29, 1.82) is 0 Å². The van der Waals surface area contributed by atoms with E-state index in [1.165, 1.54) is 7.11 Å². The number of ether oxygens (including phenoxy) is 3. The Kier molecular flexibility index (Phi) is 9.66. The number of cyclic esters (lactones) is 1. The van der Waals surface area contributed by atoms with E-state index >= 15 is 0 Å². The molecule has 37 heavy (non-hydrogen) atoms. The van der Waals surface area contributed by atoms with Gasteiger partial charge in [-0.3, -0.25) is 9.59 Å². The van der Waals surface area contributed by atoms with Gasteiger partial charge in [-0.15, -0.1) is 11.3 Å². The molecule has 2 aliphatic heterocycles. The summed E-state index contributed by atoms with van der Waals surface area (Å²) in [4.78, 5) is 42.1. The fraction of sp³-hybridized carbons (Fsp3) is 0.704. The summed E-state index contributed by atoms with van der Waals surface area (Å²) in [6.07, 6.45) is 1.47. The van der Waals surface area contributed by atoms with Crippen molar-refractivity contribution in [2.45, 2.75) is 97.2 Å². The van der Waals surface area contributed by atoms with Crippen LogP contribution in [0.2, 0.25) is 0 Å². The SMILES string of the molecule is COC(=O)c1nc(C=C(C)C2CC3OC3CCCC(C)C(O)C(C)C(=O)C(C)(C)C(O)CC(=O)O2)cs1. The third-order valence-electron chi connectivity index (χ3n) is 7.66. The van der Waals surface area contributed by atoms with Gasteiger partial charge >= 0.3 is 11.9 Å². The van der Waals surface area contributed by atoms with Gasteiger partial charge in [-0.25, -0.2) is 9.78 Å². The van der Waals surface area contributed by atoms with Crippen molar-refractivity contribution in [3.63, 3.8) is 0 Å². The van der Waals surface area contributed by atoms with Crippen LogP contribution < -0.4 is 0 Å². The smallest absolute Gasteiger partial charge is 0.367 e. The average molecular weight is 538 g/mol. The molecule has 206 valence electrons. The van der Waals surface area contributed by atoms with Crippen molar-refractivity contribution in [1.82, 2.24) is 4.98 Å². The van der Waals surface area contributed by atoms with Crippen LogP contribution in [0.4, 0.5) is 0 Å². The number of ketones is 1. The fourth-order valence-corrected chi connectivity index (χ4v) is 5.56. The minimum Gasteiger partial charge on any atom is -0.464 e. The van der Waals surface area contributed by atoms with E-state index in [4.69, 9.17) is 14.2 Å². The Morgan fingerprint density at radius 2 is 1.92 bits per heavy atom. The topological polar surface area (TPSA) is 136 Å². The molecular weight excluding hydrogens is 498 g/mol. The van der Waals surface area contributed by atoms with Gasteiger partial charge in [0.15, 0.2) is 0 Å². The number of aromatic nitrogens is 1. The number of carbonyl (C=O) groups is 3. The van der Waals surface area contributed by atoms with Crippen molar-refractivity contribution in [3.8, 4) is 0 Å². The molecule has 2 saturated heterocycles. The van der Waals surface area contributed by atoms with E-state index in [1.54, 1.807) is 32.2 Å². The molecule has 1 aromatic rings. The molecule has 0 aliphatic carbocycles. The van der Waals surface area contributed by atoms with Crippen molar-refractivity contribution in [2.24, 2.45) is 17.3 Å². The van der Waals surface area contributed by atoms with Crippen LogP contribution in [-0.4, -0.2) is 70.5 Å². The second-order valence-corrected chi connectivity index (χ2v) is 11.7. The Morgan fingerprint density at radius 1 is 1.22 bits per heavy atom. The second-order valence-electron chi connectivity index (χ2n) is 10.9. The molecule has 0 saturated carbocycles. The number of rotatable bonds is 3. The van der Waals surface area contributed by atoms with Crippen LogP contribution in [-0.2, 0) is 23.8 Å². The lowest BCUT2D eigenvalue weighted by atomic mass is 9.73. The molecule has 9 nitrogen and oxygen atoms in total. The Bertz CT molecular complexity index is 1020. The summed E-state index contributed by atoms with van der Waals surface area (Å²) >= 11 is 1.16. The standard InChI is InChI=1S/C27H39NO8S/c1-14-8-7-9-18-20(35-18)11-19(15(2)10-17-13-37-25(28-17)26(33)34-6)36-22(30)12-21(29)27(4,5)24(32)16(3)23(14)31/h10,13-14,16,18-21,23,29,31H,7-9,11-12H2,1-6H3. The predicted octanol–water partition coefficient (Wildman–Crippen LogP) is 3.57. The van der Waals surface area contributed by atoms with Crippen LogP contribution in [0.3, 0.4) is 0 Å². The van der Waals surface area contributed by atoms with E-state index in [-0.39, 0.29) is 35.3 Å². The first kappa shape index (κ1) is 29.4. The maximum Gasteiger partial charge on any atom is 0.367 e. The fourth-order valence-electron chi connectivity index (χ4n) is 4.87. The second kappa shape index (κ2) is 12.1. The highest BCUT2D eigenvalue weighted by atomic mass is 32.1. The predicted molar refractivity (Wildman–Crippen MR) is 138 cm³/mol. The third kappa shape index (κ3) is 7.25. The molecule has 2 N–H and O–H groups in total. The lowest BCUT2D eigenvalue weighted by Gasteiger charge is -2.34. The number of nitrogens with zero attached hydrogens (tertiary/aromatic N) is 1. The number of fused-ring (bicyclic) bond motifs is 1. The highest BCUT2D eigenvalue weighted by Gasteiger charge is 2.44. The van der Waals surface area contributed by atoms with Crippen LogP contribution in [0.5, 0.6) is 0 Å². The number of esters is 2. The Balaban J connectivity index is 1.82. The summed E-state index contributed by atoms with van der Waals surface area (Å²) in [5, 5.41) is 23.6. The zero-order chi connectivity index (χ0) is 27.5. The van der Waals surface area contributed by atoms with Gasteiger partial charge in [-0.05, 0) is 37.3 Å². The van der Waals surface area contributed by atoms with Gasteiger partial charge < -0.3 is 24.4 Å². The minimum absolute atomic E-state index is 0.0417. The lowest BCUT2D eigenvalue weighted by molar-refractivity contribution is -0.154. The maximum atomic E-state index is 13.2. The molecule has 2 fully saturated rings. The van der Waals surface area contributed by atoms with Crippen LogP contribution in [0.1, 0.15) is 82.2 Å². The van der Waals surface area contributed by atoms with Gasteiger partial charge in [0.1, 0.15) is 11.9 Å². The number of aliphatic hydroxyl groups excluding tert-OH is 2. The number of hydrogen-bond acceptors (Lipinski definition) is 10. The summed E-state index contributed by atoms with van der Waals surface area (Å²) in [5.74, 6) is -2.21. The van der Waals surface area contributed by atoms with Gasteiger partial charge in [-0.1, -0.05) is 34.1 Å². The van der Waals surface area contributed by atoms with E-state index in [0.717, 1.165) is 36.2 Å². The van der Waals surface area contributed by atoms with Gasteiger partial charge in [-0.2, -0.15) is 0 Å².